The zero-order valence-corrected chi connectivity index (χ0v) is 28.7. The van der Waals surface area contributed by atoms with Gasteiger partial charge in [0.1, 0.15) is 0 Å². The second kappa shape index (κ2) is 17.3. The van der Waals surface area contributed by atoms with E-state index in [2.05, 4.69) is 15.3 Å². The van der Waals surface area contributed by atoms with Gasteiger partial charge in [-0.1, -0.05) is 81.5 Å². The maximum Gasteiger partial charge on any atom is 0.248 e. The number of nitrogens with two attached hydrogens (primary N) is 1. The molecule has 0 spiro atoms. The Bertz CT molecular complexity index is 1510. The third-order valence-electron chi connectivity index (χ3n) is 10.4. The number of imidazole rings is 1. The van der Waals surface area contributed by atoms with Gasteiger partial charge in [0, 0.05) is 44.5 Å². The van der Waals surface area contributed by atoms with Gasteiger partial charge in [0.05, 0.1) is 43.5 Å². The lowest BCUT2D eigenvalue weighted by Gasteiger charge is -2.36. The molecule has 2 aliphatic rings. The van der Waals surface area contributed by atoms with Gasteiger partial charge in [-0.05, 0) is 41.5 Å². The van der Waals surface area contributed by atoms with Crippen LogP contribution in [0.2, 0.25) is 0 Å². The number of hydrogen-bond acceptors (Lipinski definition) is 8. The average Bonchev–Trinajstić information content (AvgIpc) is 3.64. The number of aromatic nitrogens is 2. The molecule has 1 aliphatic heterocycles. The van der Waals surface area contributed by atoms with E-state index in [-0.39, 0.29) is 31.6 Å². The van der Waals surface area contributed by atoms with Crippen LogP contribution in [-0.4, -0.2) is 92.8 Å². The van der Waals surface area contributed by atoms with E-state index >= 15 is 0 Å². The highest BCUT2D eigenvalue weighted by molar-refractivity contribution is 6.12. The van der Waals surface area contributed by atoms with Crippen LogP contribution in [0.1, 0.15) is 76.0 Å². The monoisotopic (exact) mass is 675 g/mol. The smallest absolute Gasteiger partial charge is 0.248 e. The number of amides is 2. The number of benzene rings is 2. The predicted octanol–water partition coefficient (Wildman–Crippen LogP) is 3.46. The molecule has 2 amide bonds. The minimum atomic E-state index is -2.09. The first-order chi connectivity index (χ1) is 23.7. The summed E-state index contributed by atoms with van der Waals surface area (Å²) in [6, 6.07) is 13.0. The molecule has 2 fully saturated rings. The summed E-state index contributed by atoms with van der Waals surface area (Å²) in [4.78, 5) is 52.1. The number of nitrogens with one attached hydrogen (secondary N) is 2. The van der Waals surface area contributed by atoms with Crippen LogP contribution in [0, 0.1) is 11.8 Å². The Kier molecular flexibility index (Phi) is 13.0. The van der Waals surface area contributed by atoms with E-state index in [1.807, 2.05) is 49.4 Å². The molecule has 1 saturated heterocycles. The summed E-state index contributed by atoms with van der Waals surface area (Å²) in [7, 11) is 0. The fourth-order valence-electron chi connectivity index (χ4n) is 7.46. The summed E-state index contributed by atoms with van der Waals surface area (Å²) in [5.41, 5.74) is 6.23. The molecule has 11 nitrogen and oxygen atoms in total. The van der Waals surface area contributed by atoms with Crippen LogP contribution in [0.4, 0.5) is 0 Å². The number of Topliss-reactive ketones (excluding diaryl/α,β-unsaturated/α-hetero) is 1. The molecule has 266 valence electrons. The number of fused-ring (bicyclic) bond motifs is 1. The van der Waals surface area contributed by atoms with E-state index < -0.39 is 41.4 Å². The lowest BCUT2D eigenvalue weighted by Crippen LogP contribution is -2.65. The van der Waals surface area contributed by atoms with Crippen molar-refractivity contribution >= 4 is 28.4 Å². The number of aliphatic hydroxyl groups excluding tert-OH is 2. The zero-order chi connectivity index (χ0) is 34.8. The van der Waals surface area contributed by atoms with Crippen molar-refractivity contribution in [2.75, 3.05) is 26.3 Å². The van der Waals surface area contributed by atoms with Gasteiger partial charge in [0.15, 0.2) is 11.3 Å². The average molecular weight is 676 g/mol. The SMILES string of the molecule is CCC(O)CC(O)[C@H](CC1CCCCC1)NC(=O)[C@@](N)(Cc1c[nH]cn1)C(=O)C(CC(=O)N1CCOCC1)Cc1cccc2ccccc12. The molecule has 0 bridgehead atoms. The van der Waals surface area contributed by atoms with Crippen LogP contribution in [-0.2, 0) is 32.0 Å². The second-order valence-corrected chi connectivity index (χ2v) is 14.0. The van der Waals surface area contributed by atoms with Gasteiger partial charge in [-0.2, -0.15) is 0 Å². The van der Waals surface area contributed by atoms with Crippen molar-refractivity contribution in [3.05, 3.63) is 66.2 Å². The van der Waals surface area contributed by atoms with E-state index in [1.165, 1.54) is 6.33 Å². The third-order valence-corrected chi connectivity index (χ3v) is 10.4. The lowest BCUT2D eigenvalue weighted by molar-refractivity contribution is -0.144. The molecule has 2 heterocycles. The second-order valence-electron chi connectivity index (χ2n) is 14.0. The molecular formula is C38H53N5O6. The first-order valence-electron chi connectivity index (χ1n) is 18.0. The summed E-state index contributed by atoms with van der Waals surface area (Å²) in [5.74, 6) is -2.08. The fourth-order valence-corrected chi connectivity index (χ4v) is 7.46. The van der Waals surface area contributed by atoms with Gasteiger partial charge >= 0.3 is 0 Å². The van der Waals surface area contributed by atoms with E-state index in [1.54, 1.807) is 11.1 Å². The number of nitrogens with zero attached hydrogens (tertiary/aromatic N) is 2. The highest BCUT2D eigenvalue weighted by Gasteiger charge is 2.47. The minimum absolute atomic E-state index is 0.0941. The molecule has 3 aromatic rings. The molecule has 5 rings (SSSR count). The molecule has 1 aliphatic carbocycles. The van der Waals surface area contributed by atoms with E-state index in [0.717, 1.165) is 48.4 Å². The fraction of sp³-hybridized carbons (Fsp3) is 0.579. The molecule has 1 saturated carbocycles. The van der Waals surface area contributed by atoms with Gasteiger partial charge in [-0.3, -0.25) is 14.4 Å². The van der Waals surface area contributed by atoms with Gasteiger partial charge in [0.25, 0.3) is 0 Å². The van der Waals surface area contributed by atoms with Crippen LogP contribution in [0.5, 0.6) is 0 Å². The molecule has 1 aromatic heterocycles. The predicted molar refractivity (Wildman–Crippen MR) is 187 cm³/mol. The molecule has 6 N–H and O–H groups in total. The van der Waals surface area contributed by atoms with Crippen molar-refractivity contribution in [2.45, 2.75) is 101 Å². The van der Waals surface area contributed by atoms with Crippen molar-refractivity contribution in [3.8, 4) is 0 Å². The number of ether oxygens (including phenoxy) is 1. The Balaban J connectivity index is 1.48. The van der Waals surface area contributed by atoms with Crippen molar-refractivity contribution in [2.24, 2.45) is 17.6 Å². The topological polar surface area (TPSA) is 171 Å². The van der Waals surface area contributed by atoms with E-state index in [9.17, 15) is 24.6 Å². The van der Waals surface area contributed by atoms with Crippen LogP contribution < -0.4 is 11.1 Å². The Hall–Kier alpha value is -3.64. The van der Waals surface area contributed by atoms with Crippen LogP contribution in [0.3, 0.4) is 0 Å². The summed E-state index contributed by atoms with van der Waals surface area (Å²) in [5, 5.41) is 26.7. The molecule has 5 atom stereocenters. The van der Waals surface area contributed by atoms with E-state index in [0.29, 0.717) is 50.8 Å². The van der Waals surface area contributed by atoms with E-state index in [4.69, 9.17) is 10.5 Å². The standard InChI is InChI=1S/C38H53N5O6/c1-2-31(44)22-34(45)33(19-26-9-4-3-5-10-26)42-37(48)38(39,23-30-24-40-25-41-30)36(47)29(21-35(46)43-15-17-49-18-16-43)20-28-13-8-12-27-11-6-7-14-32(27)28/h6-8,11-14,24-26,29,31,33-34,44-45H,2-5,9-10,15-23,39H2,1H3,(H,40,41)(H,42,48)/t29?,31?,33-,34?,38+/m0/s1. The summed E-state index contributed by atoms with van der Waals surface area (Å²) >= 11 is 0. The van der Waals surface area contributed by atoms with Gasteiger partial charge in [-0.25, -0.2) is 4.98 Å². The van der Waals surface area contributed by atoms with Gasteiger partial charge in [-0.15, -0.1) is 0 Å². The number of carbonyl (C=O) groups excluding carboxylic acids is 3. The van der Waals surface area contributed by atoms with Gasteiger partial charge < -0.3 is 35.9 Å². The zero-order valence-electron chi connectivity index (χ0n) is 28.7. The number of ketones is 1. The Morgan fingerprint density at radius 3 is 2.53 bits per heavy atom. The number of aromatic amines is 1. The Labute approximate surface area is 289 Å². The largest absolute Gasteiger partial charge is 0.393 e. The van der Waals surface area contributed by atoms with Crippen molar-refractivity contribution < 1.29 is 29.3 Å². The summed E-state index contributed by atoms with van der Waals surface area (Å²) < 4.78 is 5.45. The molecule has 0 radical (unpaired) electrons. The van der Waals surface area contributed by atoms with Gasteiger partial charge in [0.2, 0.25) is 11.8 Å². The van der Waals surface area contributed by atoms with Crippen LogP contribution in [0.15, 0.2) is 55.0 Å². The Morgan fingerprint density at radius 2 is 1.82 bits per heavy atom. The normalized spacial score (nSPS) is 19.5. The maximum atomic E-state index is 14.9. The molecule has 11 heteroatoms. The molecule has 2 aromatic carbocycles. The third kappa shape index (κ3) is 9.54. The molecular weight excluding hydrogens is 622 g/mol. The maximum absolute atomic E-state index is 14.9. The van der Waals surface area contributed by atoms with Crippen LogP contribution in [0.25, 0.3) is 10.8 Å². The first kappa shape index (κ1) is 36.6. The quantitative estimate of drug-likeness (QED) is 0.144. The number of rotatable bonds is 16. The first-order valence-corrected chi connectivity index (χ1v) is 18.0. The van der Waals surface area contributed by atoms with Crippen molar-refractivity contribution in [1.29, 1.82) is 0 Å². The van der Waals surface area contributed by atoms with Crippen LogP contribution >= 0.6 is 0 Å². The number of aliphatic hydroxyl groups is 2. The minimum Gasteiger partial charge on any atom is -0.393 e. The number of carbonyl (C=O) groups is 3. The summed E-state index contributed by atoms with van der Waals surface area (Å²) in [6.45, 7) is 3.55. The molecule has 3 unspecified atom stereocenters. The number of morpholine rings is 1. The lowest BCUT2D eigenvalue weighted by atomic mass is 9.77. The highest BCUT2D eigenvalue weighted by Crippen LogP contribution is 2.30. The van der Waals surface area contributed by atoms with Crippen molar-refractivity contribution in [1.82, 2.24) is 20.2 Å². The Morgan fingerprint density at radius 1 is 1.08 bits per heavy atom. The highest BCUT2D eigenvalue weighted by atomic mass is 16.5. The molecule has 49 heavy (non-hydrogen) atoms. The number of H-pyrrole nitrogens is 1. The number of hydrogen-bond donors (Lipinski definition) is 5. The summed E-state index contributed by atoms with van der Waals surface area (Å²) in [6.07, 6.45) is 7.61. The van der Waals surface area contributed by atoms with Crippen molar-refractivity contribution in [3.63, 3.8) is 0 Å².